The van der Waals surface area contributed by atoms with Crippen molar-refractivity contribution in [2.45, 2.75) is 18.7 Å². The summed E-state index contributed by atoms with van der Waals surface area (Å²) in [5, 5.41) is 0.643. The quantitative estimate of drug-likeness (QED) is 0.805. The van der Waals surface area contributed by atoms with Crippen molar-refractivity contribution in [3.63, 3.8) is 0 Å². The van der Waals surface area contributed by atoms with Crippen molar-refractivity contribution in [1.82, 2.24) is 4.72 Å². The first-order chi connectivity index (χ1) is 10.8. The summed E-state index contributed by atoms with van der Waals surface area (Å²) in [5.74, 6) is 0.175. The molecule has 2 rings (SSSR count). The Bertz CT molecular complexity index is 809. The molecule has 0 aliphatic rings. The summed E-state index contributed by atoms with van der Waals surface area (Å²) < 4.78 is 45.3. The Balaban J connectivity index is 1.92. The van der Waals surface area contributed by atoms with E-state index in [-0.39, 0.29) is 23.6 Å². The van der Waals surface area contributed by atoms with Gasteiger partial charge in [0.25, 0.3) is 0 Å². The van der Waals surface area contributed by atoms with Crippen LogP contribution in [0.3, 0.4) is 0 Å². The molecule has 0 saturated heterocycles. The molecule has 7 heteroatoms. The molecule has 0 spiro atoms. The van der Waals surface area contributed by atoms with Gasteiger partial charge in [-0.05, 0) is 61.4 Å². The smallest absolute Gasteiger partial charge is 0.240 e. The van der Waals surface area contributed by atoms with Gasteiger partial charge in [-0.25, -0.2) is 17.5 Å². The largest absolute Gasteiger partial charge is 0.492 e. The fourth-order valence-corrected chi connectivity index (χ4v) is 3.13. The molecule has 0 unspecified atom stereocenters. The van der Waals surface area contributed by atoms with Crippen molar-refractivity contribution in [3.8, 4) is 5.75 Å². The lowest BCUT2D eigenvalue weighted by molar-refractivity contribution is 0.322. The topological polar surface area (TPSA) is 55.4 Å². The van der Waals surface area contributed by atoms with E-state index >= 15 is 0 Å². The highest BCUT2D eigenvalue weighted by Crippen LogP contribution is 2.21. The zero-order valence-corrected chi connectivity index (χ0v) is 14.3. The lowest BCUT2D eigenvalue weighted by Crippen LogP contribution is -2.28. The third kappa shape index (κ3) is 4.67. The van der Waals surface area contributed by atoms with E-state index < -0.39 is 15.8 Å². The molecule has 0 fully saturated rings. The van der Waals surface area contributed by atoms with Gasteiger partial charge in [0.2, 0.25) is 10.0 Å². The summed E-state index contributed by atoms with van der Waals surface area (Å²) in [6.07, 6.45) is 0. The first kappa shape index (κ1) is 17.7. The van der Waals surface area contributed by atoms with E-state index in [1.54, 1.807) is 18.2 Å². The van der Waals surface area contributed by atoms with Crippen LogP contribution in [0, 0.1) is 19.7 Å². The van der Waals surface area contributed by atoms with Gasteiger partial charge >= 0.3 is 0 Å². The third-order valence-corrected chi connectivity index (χ3v) is 5.11. The van der Waals surface area contributed by atoms with Crippen LogP contribution >= 0.6 is 11.6 Å². The van der Waals surface area contributed by atoms with Gasteiger partial charge in [-0.1, -0.05) is 11.6 Å². The van der Waals surface area contributed by atoms with Crippen LogP contribution in [0.2, 0.25) is 5.02 Å². The zero-order valence-electron chi connectivity index (χ0n) is 12.8. The molecule has 124 valence electrons. The Morgan fingerprint density at radius 1 is 1.13 bits per heavy atom. The Morgan fingerprint density at radius 2 is 1.87 bits per heavy atom. The van der Waals surface area contributed by atoms with E-state index in [0.29, 0.717) is 10.8 Å². The van der Waals surface area contributed by atoms with Gasteiger partial charge in [0.05, 0.1) is 4.90 Å². The second-order valence-corrected chi connectivity index (χ2v) is 7.24. The van der Waals surface area contributed by atoms with Crippen molar-refractivity contribution in [2.75, 3.05) is 13.2 Å². The van der Waals surface area contributed by atoms with Gasteiger partial charge in [0, 0.05) is 11.6 Å². The van der Waals surface area contributed by atoms with Gasteiger partial charge in [0.15, 0.2) is 0 Å². The minimum absolute atomic E-state index is 0.0266. The summed E-state index contributed by atoms with van der Waals surface area (Å²) in [7, 11) is -3.69. The van der Waals surface area contributed by atoms with Crippen molar-refractivity contribution < 1.29 is 17.5 Å². The van der Waals surface area contributed by atoms with Gasteiger partial charge < -0.3 is 4.74 Å². The predicted molar refractivity (Wildman–Crippen MR) is 88.0 cm³/mol. The Labute approximate surface area is 140 Å². The maximum Gasteiger partial charge on any atom is 0.240 e. The Kier molecular flexibility index (Phi) is 5.62. The van der Waals surface area contributed by atoms with Crippen molar-refractivity contribution >= 4 is 21.6 Å². The molecule has 0 aromatic heterocycles. The summed E-state index contributed by atoms with van der Waals surface area (Å²) in [5.41, 5.74) is 1.16. The monoisotopic (exact) mass is 357 g/mol. The van der Waals surface area contributed by atoms with Crippen LogP contribution < -0.4 is 9.46 Å². The normalized spacial score (nSPS) is 11.5. The number of rotatable bonds is 6. The van der Waals surface area contributed by atoms with E-state index in [4.69, 9.17) is 16.3 Å². The van der Waals surface area contributed by atoms with E-state index in [0.717, 1.165) is 11.6 Å². The molecular formula is C16H17ClFNO3S. The van der Waals surface area contributed by atoms with Crippen molar-refractivity contribution in [3.05, 3.63) is 58.4 Å². The summed E-state index contributed by atoms with van der Waals surface area (Å²) in [4.78, 5) is 0.0266. The lowest BCUT2D eigenvalue weighted by atomic mass is 10.2. The molecule has 1 N–H and O–H groups in total. The van der Waals surface area contributed by atoms with Gasteiger partial charge in [-0.3, -0.25) is 0 Å². The molecule has 0 radical (unpaired) electrons. The number of aryl methyl sites for hydroxylation is 2. The lowest BCUT2D eigenvalue weighted by Gasteiger charge is -2.10. The molecule has 2 aromatic rings. The number of benzene rings is 2. The van der Waals surface area contributed by atoms with Crippen molar-refractivity contribution in [1.29, 1.82) is 0 Å². The molecule has 0 aliphatic heterocycles. The number of halogens is 2. The zero-order chi connectivity index (χ0) is 17.0. The van der Waals surface area contributed by atoms with Crippen LogP contribution in [0.5, 0.6) is 5.75 Å². The molecule has 0 heterocycles. The van der Waals surface area contributed by atoms with Crippen molar-refractivity contribution in [2.24, 2.45) is 0 Å². The molecule has 0 amide bonds. The summed E-state index contributed by atoms with van der Waals surface area (Å²) in [6, 6.07) is 8.87. The molecule has 23 heavy (non-hydrogen) atoms. The van der Waals surface area contributed by atoms with Crippen LogP contribution in [0.25, 0.3) is 0 Å². The second-order valence-electron chi connectivity index (χ2n) is 5.07. The predicted octanol–water partition coefficient (Wildman–Crippen LogP) is 3.45. The van der Waals surface area contributed by atoms with E-state index in [2.05, 4.69) is 4.72 Å². The van der Waals surface area contributed by atoms with Crippen LogP contribution in [-0.2, 0) is 10.0 Å². The Hall–Kier alpha value is -1.63. The molecular weight excluding hydrogens is 341 g/mol. The van der Waals surface area contributed by atoms with E-state index in [1.165, 1.54) is 19.1 Å². The van der Waals surface area contributed by atoms with Crippen LogP contribution in [0.15, 0.2) is 41.3 Å². The fourth-order valence-electron chi connectivity index (χ4n) is 1.92. The highest BCUT2D eigenvalue weighted by atomic mass is 35.5. The summed E-state index contributed by atoms with van der Waals surface area (Å²) >= 11 is 5.92. The molecule has 0 bridgehead atoms. The van der Waals surface area contributed by atoms with Gasteiger partial charge in [-0.2, -0.15) is 0 Å². The van der Waals surface area contributed by atoms with Crippen LogP contribution in [0.4, 0.5) is 4.39 Å². The standard InChI is InChI=1S/C16H17ClFNO3S/c1-11-9-13(3-5-15(11)17)22-8-7-19-23(20,21)14-4-6-16(18)12(2)10-14/h3-6,9-10,19H,7-8H2,1-2H3. The van der Waals surface area contributed by atoms with Crippen LogP contribution in [0.1, 0.15) is 11.1 Å². The number of ether oxygens (including phenoxy) is 1. The molecule has 0 atom stereocenters. The number of hydrogen-bond donors (Lipinski definition) is 1. The minimum atomic E-state index is -3.69. The summed E-state index contributed by atoms with van der Waals surface area (Å²) in [6.45, 7) is 3.63. The number of sulfonamides is 1. The van der Waals surface area contributed by atoms with Gasteiger partial charge in [0.1, 0.15) is 18.2 Å². The fraction of sp³-hybridized carbons (Fsp3) is 0.250. The number of hydrogen-bond acceptors (Lipinski definition) is 3. The molecule has 2 aromatic carbocycles. The average Bonchev–Trinajstić information content (AvgIpc) is 2.50. The highest BCUT2D eigenvalue weighted by Gasteiger charge is 2.14. The maximum absolute atomic E-state index is 13.2. The minimum Gasteiger partial charge on any atom is -0.492 e. The Morgan fingerprint density at radius 3 is 2.52 bits per heavy atom. The third-order valence-electron chi connectivity index (χ3n) is 3.23. The first-order valence-electron chi connectivity index (χ1n) is 6.94. The van der Waals surface area contributed by atoms with Crippen LogP contribution in [-0.4, -0.2) is 21.6 Å². The number of nitrogens with one attached hydrogen (secondary N) is 1. The average molecular weight is 358 g/mol. The molecule has 4 nitrogen and oxygen atoms in total. The molecule has 0 saturated carbocycles. The first-order valence-corrected chi connectivity index (χ1v) is 8.80. The SMILES string of the molecule is Cc1cc(S(=O)(=O)NCCOc2ccc(Cl)c(C)c2)ccc1F. The molecule has 0 aliphatic carbocycles. The van der Waals surface area contributed by atoms with Gasteiger partial charge in [-0.15, -0.1) is 0 Å². The maximum atomic E-state index is 13.2. The highest BCUT2D eigenvalue weighted by molar-refractivity contribution is 7.89. The van der Waals surface area contributed by atoms with E-state index in [9.17, 15) is 12.8 Å². The van der Waals surface area contributed by atoms with E-state index in [1.807, 2.05) is 6.92 Å². The second kappa shape index (κ2) is 7.29.